The lowest BCUT2D eigenvalue weighted by atomic mass is 10.0. The molecule has 0 saturated carbocycles. The van der Waals surface area contributed by atoms with E-state index in [0.29, 0.717) is 56.7 Å². The number of benzene rings is 3. The SMILES string of the molecule is COC(=O)NC1CCc2cccc3c2N(C1=O)C(C(=O)N1CCCC1C(=O)Nc1ccc(-c2ccc(-c4cnc(C5CCCN5C(=O)C(NC(=O)OC)C(C)C)[nH]4)cc2)cc1)C3. The van der Waals surface area contributed by atoms with Crippen molar-refractivity contribution in [2.45, 2.75) is 89.0 Å². The van der Waals surface area contributed by atoms with Crippen molar-refractivity contribution in [3.63, 3.8) is 0 Å². The molecule has 0 spiro atoms. The Morgan fingerprint density at radius 1 is 0.790 bits per heavy atom. The van der Waals surface area contributed by atoms with Gasteiger partial charge < -0.3 is 40.2 Å². The summed E-state index contributed by atoms with van der Waals surface area (Å²) >= 11 is 0. The van der Waals surface area contributed by atoms with Gasteiger partial charge in [0, 0.05) is 25.2 Å². The van der Waals surface area contributed by atoms with Crippen molar-refractivity contribution in [2.24, 2.45) is 5.92 Å². The Hall–Kier alpha value is -6.71. The third-order valence-electron chi connectivity index (χ3n) is 12.5. The zero-order valence-electron chi connectivity index (χ0n) is 35.3. The number of rotatable bonds is 10. The Labute approximate surface area is 359 Å². The average Bonchev–Trinajstić information content (AvgIpc) is 4.12. The van der Waals surface area contributed by atoms with E-state index in [1.807, 2.05) is 80.6 Å². The van der Waals surface area contributed by atoms with Gasteiger partial charge in [-0.2, -0.15) is 0 Å². The number of para-hydroxylation sites is 1. The number of carbonyl (C=O) groups excluding carboxylic acids is 6. The lowest BCUT2D eigenvalue weighted by Crippen LogP contribution is -2.56. The maximum Gasteiger partial charge on any atom is 0.407 e. The average molecular weight is 845 g/mol. The van der Waals surface area contributed by atoms with Crippen molar-refractivity contribution in [2.75, 3.05) is 37.5 Å². The molecule has 6 amide bonds. The van der Waals surface area contributed by atoms with Crippen molar-refractivity contribution in [3.05, 3.63) is 89.9 Å². The van der Waals surface area contributed by atoms with E-state index in [4.69, 9.17) is 9.47 Å². The van der Waals surface area contributed by atoms with Crippen LogP contribution in [-0.2, 0) is 41.5 Å². The normalized spacial score (nSPS) is 21.0. The molecule has 5 unspecified atom stereocenters. The number of amides is 6. The van der Waals surface area contributed by atoms with E-state index in [0.717, 1.165) is 52.0 Å². The van der Waals surface area contributed by atoms with Gasteiger partial charge in [0.2, 0.25) is 23.6 Å². The summed E-state index contributed by atoms with van der Waals surface area (Å²) in [4.78, 5) is 92.7. The highest BCUT2D eigenvalue weighted by Crippen LogP contribution is 2.40. The second kappa shape index (κ2) is 17.7. The van der Waals surface area contributed by atoms with Gasteiger partial charge in [0.25, 0.3) is 0 Å². The second-order valence-corrected chi connectivity index (χ2v) is 16.6. The lowest BCUT2D eigenvalue weighted by Gasteiger charge is -2.32. The highest BCUT2D eigenvalue weighted by molar-refractivity contribution is 6.08. The number of aryl methyl sites for hydroxylation is 1. The first kappa shape index (κ1) is 42.0. The molecule has 2 fully saturated rings. The van der Waals surface area contributed by atoms with Gasteiger partial charge in [0.05, 0.1) is 37.8 Å². The van der Waals surface area contributed by atoms with Gasteiger partial charge in [-0.25, -0.2) is 14.6 Å². The van der Waals surface area contributed by atoms with Gasteiger partial charge in [-0.15, -0.1) is 0 Å². The van der Waals surface area contributed by atoms with Crippen molar-refractivity contribution >= 4 is 47.2 Å². The topological polar surface area (TPSA) is 195 Å². The number of H-pyrrole nitrogens is 1. The number of carbonyl (C=O) groups is 6. The molecular weight excluding hydrogens is 793 g/mol. The number of nitrogens with zero attached hydrogens (tertiary/aromatic N) is 4. The number of alkyl carbamates (subject to hydrolysis) is 2. The number of ether oxygens (including phenoxy) is 2. The van der Waals surface area contributed by atoms with Gasteiger partial charge in [0.15, 0.2) is 0 Å². The Kier molecular flexibility index (Phi) is 12.0. The molecule has 4 aliphatic rings. The first-order valence-corrected chi connectivity index (χ1v) is 21.3. The van der Waals surface area contributed by atoms with Crippen LogP contribution < -0.4 is 20.9 Å². The summed E-state index contributed by atoms with van der Waals surface area (Å²) in [5.41, 5.74) is 6.82. The molecule has 3 aromatic carbocycles. The largest absolute Gasteiger partial charge is 0.453 e. The number of aromatic amines is 1. The molecule has 4 aromatic rings. The van der Waals surface area contributed by atoms with Crippen molar-refractivity contribution in [1.82, 2.24) is 30.4 Å². The molecule has 5 atom stereocenters. The van der Waals surface area contributed by atoms with E-state index < -0.39 is 36.4 Å². The van der Waals surface area contributed by atoms with Crippen LogP contribution in [0.5, 0.6) is 0 Å². The van der Waals surface area contributed by atoms with E-state index in [-0.39, 0.29) is 35.6 Å². The van der Waals surface area contributed by atoms with Crippen molar-refractivity contribution in [3.8, 4) is 22.4 Å². The van der Waals surface area contributed by atoms with Crippen molar-refractivity contribution < 1.29 is 38.2 Å². The van der Waals surface area contributed by atoms with Crippen LogP contribution in [0.2, 0.25) is 0 Å². The minimum absolute atomic E-state index is 0.126. The van der Waals surface area contributed by atoms with Gasteiger partial charge in [-0.05, 0) is 84.4 Å². The van der Waals surface area contributed by atoms with E-state index in [1.54, 1.807) is 16.0 Å². The highest BCUT2D eigenvalue weighted by atomic mass is 16.5. The zero-order chi connectivity index (χ0) is 43.7. The molecule has 16 nitrogen and oxygen atoms in total. The summed E-state index contributed by atoms with van der Waals surface area (Å²) < 4.78 is 9.53. The number of likely N-dealkylation sites (tertiary alicyclic amines) is 2. The fourth-order valence-electron chi connectivity index (χ4n) is 9.32. The van der Waals surface area contributed by atoms with Crippen LogP contribution in [0.1, 0.15) is 68.9 Å². The molecule has 4 N–H and O–H groups in total. The number of aromatic nitrogens is 2. The maximum atomic E-state index is 14.3. The first-order valence-electron chi connectivity index (χ1n) is 21.3. The molecule has 1 aromatic heterocycles. The molecule has 62 heavy (non-hydrogen) atoms. The number of anilines is 2. The molecular formula is C46H52N8O8. The molecule has 5 heterocycles. The molecule has 2 saturated heterocycles. The summed E-state index contributed by atoms with van der Waals surface area (Å²) in [5, 5.41) is 8.34. The van der Waals surface area contributed by atoms with Gasteiger partial charge >= 0.3 is 12.2 Å². The lowest BCUT2D eigenvalue weighted by molar-refractivity contribution is -0.138. The van der Waals surface area contributed by atoms with Crippen LogP contribution in [0.25, 0.3) is 22.4 Å². The summed E-state index contributed by atoms with van der Waals surface area (Å²) in [5.74, 6) is -0.545. The van der Waals surface area contributed by atoms with Crippen LogP contribution in [0.4, 0.5) is 21.0 Å². The minimum Gasteiger partial charge on any atom is -0.453 e. The van der Waals surface area contributed by atoms with Gasteiger partial charge in [0.1, 0.15) is 30.0 Å². The fourth-order valence-corrected chi connectivity index (χ4v) is 9.32. The zero-order valence-corrected chi connectivity index (χ0v) is 35.3. The smallest absolute Gasteiger partial charge is 0.407 e. The van der Waals surface area contributed by atoms with E-state index in [9.17, 15) is 28.8 Å². The predicted molar refractivity (Wildman–Crippen MR) is 230 cm³/mol. The monoisotopic (exact) mass is 844 g/mol. The number of hydrogen-bond acceptors (Lipinski definition) is 9. The van der Waals surface area contributed by atoms with E-state index in [2.05, 4.69) is 25.9 Å². The predicted octanol–water partition coefficient (Wildman–Crippen LogP) is 5.35. The first-order chi connectivity index (χ1) is 29.9. The second-order valence-electron chi connectivity index (χ2n) is 16.6. The van der Waals surface area contributed by atoms with Crippen LogP contribution in [0, 0.1) is 5.92 Å². The van der Waals surface area contributed by atoms with Gasteiger partial charge in [-0.1, -0.05) is 68.4 Å². The molecule has 0 radical (unpaired) electrons. The molecule has 4 aliphatic heterocycles. The summed E-state index contributed by atoms with van der Waals surface area (Å²) in [6.07, 6.45) is 4.39. The fraction of sp³-hybridized carbons (Fsp3) is 0.413. The quantitative estimate of drug-likeness (QED) is 0.163. The Morgan fingerprint density at radius 2 is 1.45 bits per heavy atom. The van der Waals surface area contributed by atoms with Crippen molar-refractivity contribution in [1.29, 1.82) is 0 Å². The summed E-state index contributed by atoms with van der Waals surface area (Å²) in [7, 11) is 2.52. The number of imidazole rings is 1. The number of nitrogens with one attached hydrogen (secondary N) is 4. The molecule has 324 valence electrons. The molecule has 0 bridgehead atoms. The molecule has 8 rings (SSSR count). The summed E-state index contributed by atoms with van der Waals surface area (Å²) in [6.45, 7) is 4.74. The molecule has 16 heteroatoms. The third-order valence-corrected chi connectivity index (χ3v) is 12.5. The summed E-state index contributed by atoms with van der Waals surface area (Å²) in [6, 6.07) is 18.0. The number of hydrogen-bond donors (Lipinski definition) is 4. The Bertz CT molecular complexity index is 2360. The molecule has 0 aliphatic carbocycles. The maximum absolute atomic E-state index is 14.3. The Morgan fingerprint density at radius 3 is 2.16 bits per heavy atom. The van der Waals surface area contributed by atoms with E-state index >= 15 is 0 Å². The number of methoxy groups -OCH3 is 2. The minimum atomic E-state index is -0.851. The van der Waals surface area contributed by atoms with Crippen LogP contribution in [0.3, 0.4) is 0 Å². The van der Waals surface area contributed by atoms with Crippen LogP contribution in [0.15, 0.2) is 72.9 Å². The van der Waals surface area contributed by atoms with Crippen LogP contribution >= 0.6 is 0 Å². The standard InChI is InChI=1S/C46H52N8O8/c1-26(2)38(51-46(60)62-4)44(58)52-22-6-10-35(52)40-47-25-34(49-40)29-14-12-27(13-15-29)28-16-19-32(20-17-28)48-41(55)36-11-7-23-53(36)43(57)37-24-31-9-5-8-30-18-21-33(50-45(59)61-3)42(56)54(37)39(30)31/h5,8-9,12-17,19-20,25-26,33,35-38H,6-7,10-11,18,21-24H2,1-4H3,(H,47,49)(H,48,55)(H,50,59)(H,51,60). The van der Waals surface area contributed by atoms with Crippen LogP contribution in [-0.4, -0.2) is 107 Å². The Balaban J connectivity index is 0.903. The highest BCUT2D eigenvalue weighted by Gasteiger charge is 2.47. The van der Waals surface area contributed by atoms with E-state index in [1.165, 1.54) is 19.1 Å². The third kappa shape index (κ3) is 8.20. The van der Waals surface area contributed by atoms with Gasteiger partial charge in [-0.3, -0.25) is 24.1 Å².